The molecular weight excluding hydrogens is 230 g/mol. The highest BCUT2D eigenvalue weighted by Crippen LogP contribution is 2.10. The van der Waals surface area contributed by atoms with Crippen LogP contribution in [0.4, 0.5) is 0 Å². The van der Waals surface area contributed by atoms with Crippen LogP contribution in [0.15, 0.2) is 6.33 Å². The van der Waals surface area contributed by atoms with Crippen molar-refractivity contribution in [3.8, 4) is 0 Å². The molecule has 18 heavy (non-hydrogen) atoms. The average Bonchev–Trinajstić information content (AvgIpc) is 2.65. The molecule has 1 saturated heterocycles. The number of nitrogens with zero attached hydrogens (tertiary/aromatic N) is 5. The number of aliphatic hydroxyl groups is 1. The fourth-order valence-corrected chi connectivity index (χ4v) is 2.32. The molecular formula is C12H23N5O. The summed E-state index contributed by atoms with van der Waals surface area (Å²) >= 11 is 0. The zero-order valence-electron chi connectivity index (χ0n) is 11.5. The quantitative estimate of drug-likeness (QED) is 0.798. The van der Waals surface area contributed by atoms with E-state index in [-0.39, 0.29) is 0 Å². The van der Waals surface area contributed by atoms with Gasteiger partial charge in [0.05, 0.1) is 12.1 Å². The maximum atomic E-state index is 9.80. The van der Waals surface area contributed by atoms with Gasteiger partial charge >= 0.3 is 0 Å². The second-order valence-corrected chi connectivity index (χ2v) is 5.66. The zero-order chi connectivity index (χ0) is 13.2. The van der Waals surface area contributed by atoms with Gasteiger partial charge in [-0.05, 0) is 13.8 Å². The van der Waals surface area contributed by atoms with Gasteiger partial charge in [-0.2, -0.15) is 5.10 Å². The molecule has 0 unspecified atom stereocenters. The van der Waals surface area contributed by atoms with E-state index in [1.165, 1.54) is 0 Å². The van der Waals surface area contributed by atoms with Crippen LogP contribution in [0.5, 0.6) is 0 Å². The molecule has 1 fully saturated rings. The van der Waals surface area contributed by atoms with Crippen LogP contribution < -0.4 is 0 Å². The predicted molar refractivity (Wildman–Crippen MR) is 69.0 cm³/mol. The highest BCUT2D eigenvalue weighted by atomic mass is 16.3. The van der Waals surface area contributed by atoms with Crippen molar-refractivity contribution in [2.24, 2.45) is 7.05 Å². The molecule has 1 aliphatic rings. The lowest BCUT2D eigenvalue weighted by molar-refractivity contribution is 0.0162. The van der Waals surface area contributed by atoms with Crippen LogP contribution in [0.25, 0.3) is 0 Å². The molecule has 0 aliphatic carbocycles. The Hall–Kier alpha value is -0.980. The fraction of sp³-hybridized carbons (Fsp3) is 0.833. The van der Waals surface area contributed by atoms with Gasteiger partial charge in [-0.3, -0.25) is 14.5 Å². The van der Waals surface area contributed by atoms with Gasteiger partial charge in [-0.15, -0.1) is 0 Å². The molecule has 0 aromatic carbocycles. The van der Waals surface area contributed by atoms with Crippen molar-refractivity contribution in [2.75, 3.05) is 32.7 Å². The number of β-amino-alcohol motifs (C(OH)–C–C–N with tert-alkyl or cyclic N) is 1. The van der Waals surface area contributed by atoms with Gasteiger partial charge < -0.3 is 5.11 Å². The summed E-state index contributed by atoms with van der Waals surface area (Å²) in [7, 11) is 1.92. The summed E-state index contributed by atoms with van der Waals surface area (Å²) in [5, 5.41) is 13.9. The Balaban J connectivity index is 1.79. The summed E-state index contributed by atoms with van der Waals surface area (Å²) in [5.41, 5.74) is -0.605. The summed E-state index contributed by atoms with van der Waals surface area (Å²) < 4.78 is 1.82. The minimum Gasteiger partial charge on any atom is -0.389 e. The van der Waals surface area contributed by atoms with Gasteiger partial charge in [0, 0.05) is 39.8 Å². The molecule has 0 radical (unpaired) electrons. The van der Waals surface area contributed by atoms with Crippen LogP contribution in [-0.4, -0.2) is 68.0 Å². The standard InChI is InChI=1S/C12H23N5O/c1-12(2,18)9-17-6-4-16(5-7-17)8-11-13-10-14-15(11)3/h10,18H,4-9H2,1-3H3. The lowest BCUT2D eigenvalue weighted by Crippen LogP contribution is -2.50. The molecule has 0 bridgehead atoms. The minimum atomic E-state index is -0.605. The molecule has 0 amide bonds. The summed E-state index contributed by atoms with van der Waals surface area (Å²) in [6.45, 7) is 9.35. The normalized spacial score (nSPS) is 19.3. The van der Waals surface area contributed by atoms with Crippen LogP contribution >= 0.6 is 0 Å². The second-order valence-electron chi connectivity index (χ2n) is 5.66. The van der Waals surface area contributed by atoms with E-state index in [1.54, 1.807) is 6.33 Å². The molecule has 0 atom stereocenters. The van der Waals surface area contributed by atoms with Crippen molar-refractivity contribution in [2.45, 2.75) is 26.0 Å². The summed E-state index contributed by atoms with van der Waals surface area (Å²) in [5.74, 6) is 1.01. The van der Waals surface area contributed by atoms with Gasteiger partial charge in [0.15, 0.2) is 0 Å². The van der Waals surface area contributed by atoms with Gasteiger partial charge in [0.2, 0.25) is 0 Å². The number of hydrogen-bond acceptors (Lipinski definition) is 5. The first kappa shape index (κ1) is 13.5. The van der Waals surface area contributed by atoms with Crippen LogP contribution in [0.3, 0.4) is 0 Å². The average molecular weight is 253 g/mol. The van der Waals surface area contributed by atoms with Crippen molar-refractivity contribution in [1.29, 1.82) is 0 Å². The first-order valence-electron chi connectivity index (χ1n) is 6.44. The molecule has 6 heteroatoms. The number of aryl methyl sites for hydroxylation is 1. The van der Waals surface area contributed by atoms with Gasteiger partial charge in [0.25, 0.3) is 0 Å². The topological polar surface area (TPSA) is 57.4 Å². The van der Waals surface area contributed by atoms with E-state index in [1.807, 2.05) is 25.6 Å². The predicted octanol–water partition coefficient (Wildman–Crippen LogP) is -0.296. The van der Waals surface area contributed by atoms with Gasteiger partial charge in [-0.1, -0.05) is 0 Å². The van der Waals surface area contributed by atoms with Crippen molar-refractivity contribution in [1.82, 2.24) is 24.6 Å². The third-order valence-corrected chi connectivity index (χ3v) is 3.25. The Labute approximate surface area is 108 Å². The van der Waals surface area contributed by atoms with Crippen molar-refractivity contribution in [3.05, 3.63) is 12.2 Å². The second kappa shape index (κ2) is 5.34. The van der Waals surface area contributed by atoms with Crippen LogP contribution in [0.1, 0.15) is 19.7 Å². The molecule has 1 N–H and O–H groups in total. The molecule has 0 spiro atoms. The van der Waals surface area contributed by atoms with Gasteiger partial charge in [-0.25, -0.2) is 4.98 Å². The largest absolute Gasteiger partial charge is 0.389 e. The van der Waals surface area contributed by atoms with E-state index >= 15 is 0 Å². The minimum absolute atomic E-state index is 0.605. The Morgan fingerprint density at radius 2 is 1.83 bits per heavy atom. The zero-order valence-corrected chi connectivity index (χ0v) is 11.5. The molecule has 0 saturated carbocycles. The number of hydrogen-bond donors (Lipinski definition) is 1. The Kier molecular flexibility index (Phi) is 3.99. The van der Waals surface area contributed by atoms with Gasteiger partial charge in [0.1, 0.15) is 12.2 Å². The third-order valence-electron chi connectivity index (χ3n) is 3.25. The summed E-state index contributed by atoms with van der Waals surface area (Å²) in [6, 6.07) is 0. The molecule has 1 aromatic rings. The maximum Gasteiger partial charge on any atom is 0.140 e. The first-order chi connectivity index (χ1) is 8.44. The number of rotatable bonds is 4. The Bertz CT molecular complexity index is 376. The highest BCUT2D eigenvalue weighted by Gasteiger charge is 2.23. The van der Waals surface area contributed by atoms with Crippen molar-refractivity contribution < 1.29 is 5.11 Å². The third kappa shape index (κ3) is 3.76. The molecule has 2 heterocycles. The maximum absolute atomic E-state index is 9.80. The molecule has 1 aliphatic heterocycles. The van der Waals surface area contributed by atoms with Crippen LogP contribution in [-0.2, 0) is 13.6 Å². The lowest BCUT2D eigenvalue weighted by Gasteiger charge is -2.37. The monoisotopic (exact) mass is 253 g/mol. The Morgan fingerprint density at radius 1 is 1.22 bits per heavy atom. The fourth-order valence-electron chi connectivity index (χ4n) is 2.32. The van der Waals surface area contributed by atoms with Crippen LogP contribution in [0.2, 0.25) is 0 Å². The molecule has 6 nitrogen and oxygen atoms in total. The van der Waals surface area contributed by atoms with E-state index in [0.29, 0.717) is 0 Å². The molecule has 2 rings (SSSR count). The lowest BCUT2D eigenvalue weighted by atomic mass is 10.1. The SMILES string of the molecule is Cn1ncnc1CN1CCN(CC(C)(C)O)CC1. The van der Waals surface area contributed by atoms with E-state index in [4.69, 9.17) is 0 Å². The number of piperazine rings is 1. The Morgan fingerprint density at radius 3 is 2.33 bits per heavy atom. The van der Waals surface area contributed by atoms with E-state index < -0.39 is 5.60 Å². The highest BCUT2D eigenvalue weighted by molar-refractivity contribution is 4.86. The smallest absolute Gasteiger partial charge is 0.140 e. The molecule has 102 valence electrons. The van der Waals surface area contributed by atoms with E-state index in [0.717, 1.165) is 45.1 Å². The molecule has 1 aromatic heterocycles. The first-order valence-corrected chi connectivity index (χ1v) is 6.44. The van der Waals surface area contributed by atoms with Crippen LogP contribution in [0, 0.1) is 0 Å². The summed E-state index contributed by atoms with van der Waals surface area (Å²) in [6.07, 6.45) is 1.60. The summed E-state index contributed by atoms with van der Waals surface area (Å²) in [4.78, 5) is 8.94. The van der Waals surface area contributed by atoms with E-state index in [9.17, 15) is 5.11 Å². The van der Waals surface area contributed by atoms with Crippen molar-refractivity contribution >= 4 is 0 Å². The number of aromatic nitrogens is 3. The van der Waals surface area contributed by atoms with E-state index in [2.05, 4.69) is 19.9 Å². The van der Waals surface area contributed by atoms with Crippen molar-refractivity contribution in [3.63, 3.8) is 0 Å².